The Morgan fingerprint density at radius 3 is 2.77 bits per heavy atom. The van der Waals surface area contributed by atoms with Gasteiger partial charge in [-0.15, -0.1) is 11.3 Å². The summed E-state index contributed by atoms with van der Waals surface area (Å²) < 4.78 is 28.1. The van der Waals surface area contributed by atoms with Gasteiger partial charge >= 0.3 is 0 Å². The maximum Gasteiger partial charge on any atom is 0.250 e. The van der Waals surface area contributed by atoms with Gasteiger partial charge in [0.05, 0.1) is 4.34 Å². The van der Waals surface area contributed by atoms with Crippen molar-refractivity contribution < 1.29 is 8.42 Å². The Kier molecular flexibility index (Phi) is 4.62. The predicted molar refractivity (Wildman–Crippen MR) is 86.9 cm³/mol. The fraction of sp³-hybridized carbons (Fsp3) is 0.385. The van der Waals surface area contributed by atoms with Crippen molar-refractivity contribution in [2.75, 3.05) is 18.0 Å². The number of nitrogens with one attached hydrogen (secondary N) is 1. The van der Waals surface area contributed by atoms with E-state index in [4.69, 9.17) is 11.6 Å². The van der Waals surface area contributed by atoms with Gasteiger partial charge in [0.25, 0.3) is 0 Å². The highest BCUT2D eigenvalue weighted by Crippen LogP contribution is 2.26. The van der Waals surface area contributed by atoms with Crippen molar-refractivity contribution in [1.29, 1.82) is 0 Å². The van der Waals surface area contributed by atoms with Crippen molar-refractivity contribution in [3.63, 3.8) is 0 Å². The zero-order chi connectivity index (χ0) is 15.6. The highest BCUT2D eigenvalue weighted by Gasteiger charge is 2.27. The van der Waals surface area contributed by atoms with Crippen molar-refractivity contribution in [2.45, 2.75) is 23.1 Å². The van der Waals surface area contributed by atoms with E-state index in [2.05, 4.69) is 14.7 Å². The smallest absolute Gasteiger partial charge is 0.250 e. The second-order valence-corrected chi connectivity index (χ2v) is 8.67. The third-order valence-electron chi connectivity index (χ3n) is 3.39. The van der Waals surface area contributed by atoms with Crippen LogP contribution in [0.5, 0.6) is 0 Å². The lowest BCUT2D eigenvalue weighted by Crippen LogP contribution is -2.48. The normalized spacial score (nSPS) is 19.3. The number of rotatable bonds is 4. The van der Waals surface area contributed by atoms with Gasteiger partial charge in [-0.05, 0) is 31.0 Å². The fourth-order valence-electron chi connectivity index (χ4n) is 2.43. The quantitative estimate of drug-likeness (QED) is 0.906. The molecule has 1 atom stereocenters. The molecule has 1 fully saturated rings. The molecule has 0 saturated carbocycles. The third-order valence-corrected chi connectivity index (χ3v) is 6.64. The minimum absolute atomic E-state index is 0.163. The van der Waals surface area contributed by atoms with Gasteiger partial charge in [-0.1, -0.05) is 11.6 Å². The van der Waals surface area contributed by atoms with Gasteiger partial charge in [0.1, 0.15) is 4.21 Å². The summed E-state index contributed by atoms with van der Waals surface area (Å²) in [6.07, 6.45) is 5.05. The van der Waals surface area contributed by atoms with Gasteiger partial charge < -0.3 is 4.90 Å². The Hall–Kier alpha value is -1.22. The minimum Gasteiger partial charge on any atom is -0.339 e. The number of anilines is 1. The number of piperidine rings is 1. The van der Waals surface area contributed by atoms with Crippen LogP contribution in [0.4, 0.5) is 5.95 Å². The summed E-state index contributed by atoms with van der Waals surface area (Å²) in [5.74, 6) is 0.630. The van der Waals surface area contributed by atoms with Crippen LogP contribution < -0.4 is 9.62 Å². The first-order chi connectivity index (χ1) is 10.5. The molecule has 0 aliphatic carbocycles. The number of aromatic nitrogens is 2. The summed E-state index contributed by atoms with van der Waals surface area (Å²) in [5.41, 5.74) is 0. The van der Waals surface area contributed by atoms with Crippen LogP contribution in [0.25, 0.3) is 0 Å². The lowest BCUT2D eigenvalue weighted by Gasteiger charge is -2.32. The predicted octanol–water partition coefficient (Wildman–Crippen LogP) is 2.14. The van der Waals surface area contributed by atoms with E-state index in [0.717, 1.165) is 30.7 Å². The summed E-state index contributed by atoms with van der Waals surface area (Å²) in [6.45, 7) is 1.38. The Balaban J connectivity index is 1.70. The Labute approximate surface area is 138 Å². The van der Waals surface area contributed by atoms with Crippen molar-refractivity contribution in [2.24, 2.45) is 0 Å². The van der Waals surface area contributed by atoms with E-state index in [1.807, 2.05) is 4.90 Å². The molecule has 0 spiro atoms. The number of halogens is 1. The number of hydrogen-bond acceptors (Lipinski definition) is 6. The van der Waals surface area contributed by atoms with Gasteiger partial charge in [0.2, 0.25) is 16.0 Å². The Morgan fingerprint density at radius 2 is 2.09 bits per heavy atom. The van der Waals surface area contributed by atoms with E-state index in [-0.39, 0.29) is 10.3 Å². The first-order valence-electron chi connectivity index (χ1n) is 6.84. The first-order valence-corrected chi connectivity index (χ1v) is 9.52. The molecule has 3 heterocycles. The summed E-state index contributed by atoms with van der Waals surface area (Å²) in [6, 6.07) is 4.71. The van der Waals surface area contributed by atoms with E-state index in [1.165, 1.54) is 6.07 Å². The average molecular weight is 359 g/mol. The lowest BCUT2D eigenvalue weighted by atomic mass is 10.1. The molecule has 9 heteroatoms. The second-order valence-electron chi connectivity index (χ2n) is 5.01. The lowest BCUT2D eigenvalue weighted by molar-refractivity contribution is 0.462. The van der Waals surface area contributed by atoms with Crippen LogP contribution in [0.1, 0.15) is 12.8 Å². The van der Waals surface area contributed by atoms with E-state index < -0.39 is 10.0 Å². The van der Waals surface area contributed by atoms with Crippen LogP contribution in [-0.4, -0.2) is 37.5 Å². The van der Waals surface area contributed by atoms with E-state index in [1.54, 1.807) is 24.5 Å². The number of hydrogen-bond donors (Lipinski definition) is 1. The van der Waals surface area contributed by atoms with Gasteiger partial charge in [0, 0.05) is 31.5 Å². The maximum atomic E-state index is 12.3. The van der Waals surface area contributed by atoms with Gasteiger partial charge in [-0.3, -0.25) is 0 Å². The largest absolute Gasteiger partial charge is 0.339 e. The minimum atomic E-state index is -3.53. The summed E-state index contributed by atoms with van der Waals surface area (Å²) in [5, 5.41) is 0. The molecule has 1 saturated heterocycles. The molecule has 1 N–H and O–H groups in total. The van der Waals surface area contributed by atoms with Crippen LogP contribution in [0.2, 0.25) is 4.34 Å². The van der Waals surface area contributed by atoms with Crippen LogP contribution in [0.15, 0.2) is 34.8 Å². The topological polar surface area (TPSA) is 75.2 Å². The van der Waals surface area contributed by atoms with E-state index in [0.29, 0.717) is 16.8 Å². The molecule has 0 radical (unpaired) electrons. The molecule has 0 aromatic carbocycles. The summed E-state index contributed by atoms with van der Waals surface area (Å²) >= 11 is 6.87. The molecule has 2 aromatic heterocycles. The summed E-state index contributed by atoms with van der Waals surface area (Å²) in [7, 11) is -3.53. The molecule has 3 rings (SSSR count). The van der Waals surface area contributed by atoms with Crippen molar-refractivity contribution >= 4 is 38.9 Å². The van der Waals surface area contributed by atoms with Crippen LogP contribution in [0.3, 0.4) is 0 Å². The Morgan fingerprint density at radius 1 is 1.32 bits per heavy atom. The SMILES string of the molecule is O=S(=O)(N[C@@H]1CCCN(c2ncccn2)C1)c1ccc(Cl)s1. The molecule has 0 bridgehead atoms. The van der Waals surface area contributed by atoms with E-state index >= 15 is 0 Å². The fourth-order valence-corrected chi connectivity index (χ4v) is 5.19. The molecule has 6 nitrogen and oxygen atoms in total. The zero-order valence-electron chi connectivity index (χ0n) is 11.6. The van der Waals surface area contributed by atoms with Crippen LogP contribution in [-0.2, 0) is 10.0 Å². The maximum absolute atomic E-state index is 12.3. The van der Waals surface area contributed by atoms with Crippen molar-refractivity contribution in [3.8, 4) is 0 Å². The third kappa shape index (κ3) is 3.57. The molecule has 0 amide bonds. The molecular formula is C13H15ClN4O2S2. The molecule has 22 heavy (non-hydrogen) atoms. The van der Waals surface area contributed by atoms with Gasteiger partial charge in [-0.2, -0.15) is 0 Å². The molecular weight excluding hydrogens is 344 g/mol. The van der Waals surface area contributed by atoms with Crippen molar-refractivity contribution in [1.82, 2.24) is 14.7 Å². The number of nitrogens with zero attached hydrogens (tertiary/aromatic N) is 3. The number of sulfonamides is 1. The van der Waals surface area contributed by atoms with E-state index in [9.17, 15) is 8.42 Å². The first kappa shape index (κ1) is 15.7. The highest BCUT2D eigenvalue weighted by molar-refractivity contribution is 7.91. The molecule has 1 aliphatic heterocycles. The highest BCUT2D eigenvalue weighted by atomic mass is 35.5. The average Bonchev–Trinajstić information content (AvgIpc) is 2.96. The molecule has 118 valence electrons. The zero-order valence-corrected chi connectivity index (χ0v) is 14.0. The number of thiophene rings is 1. The molecule has 0 unspecified atom stereocenters. The van der Waals surface area contributed by atoms with Crippen LogP contribution in [0, 0.1) is 0 Å². The second kappa shape index (κ2) is 6.49. The van der Waals surface area contributed by atoms with Gasteiger partial charge in [-0.25, -0.2) is 23.1 Å². The van der Waals surface area contributed by atoms with Gasteiger partial charge in [0.15, 0.2) is 0 Å². The molecule has 1 aliphatic rings. The summed E-state index contributed by atoms with van der Waals surface area (Å²) in [4.78, 5) is 10.4. The molecule has 2 aromatic rings. The van der Waals surface area contributed by atoms with Crippen molar-refractivity contribution in [3.05, 3.63) is 34.9 Å². The Bertz CT molecular complexity index is 736. The monoisotopic (exact) mass is 358 g/mol. The standard InChI is InChI=1S/C13H15ClN4O2S2/c14-11-4-5-12(21-11)22(19,20)17-10-3-1-8-18(9-10)13-15-6-2-7-16-13/h2,4-7,10,17H,1,3,8-9H2/t10-/m1/s1. The van der Waals surface area contributed by atoms with Crippen LogP contribution >= 0.6 is 22.9 Å².